The Hall–Kier alpha value is -4.24. The molecule has 8 nitrogen and oxygen atoms in total. The molecule has 240 valence electrons. The highest BCUT2D eigenvalue weighted by molar-refractivity contribution is 6.33. The molecule has 0 bridgehead atoms. The van der Waals surface area contributed by atoms with E-state index in [0.717, 1.165) is 70.6 Å². The van der Waals surface area contributed by atoms with Crippen molar-refractivity contribution in [1.82, 2.24) is 19.9 Å². The summed E-state index contributed by atoms with van der Waals surface area (Å²) < 4.78 is 5.55. The first-order chi connectivity index (χ1) is 22.1. The van der Waals surface area contributed by atoms with Crippen LogP contribution >= 0.6 is 11.6 Å². The van der Waals surface area contributed by atoms with E-state index < -0.39 is 5.97 Å². The first-order valence-electron chi connectivity index (χ1n) is 16.0. The van der Waals surface area contributed by atoms with Gasteiger partial charge in [-0.3, -0.25) is 4.90 Å². The average molecular weight is 639 g/mol. The van der Waals surface area contributed by atoms with Crippen LogP contribution in [0, 0.1) is 18.8 Å². The van der Waals surface area contributed by atoms with Gasteiger partial charge in [0.25, 0.3) is 0 Å². The largest absolute Gasteiger partial charge is 0.461 e. The second-order valence-electron chi connectivity index (χ2n) is 13.0. The van der Waals surface area contributed by atoms with Crippen LogP contribution in [-0.4, -0.2) is 52.1 Å². The molecule has 9 heteroatoms. The van der Waals surface area contributed by atoms with E-state index in [1.807, 2.05) is 45.2 Å². The fourth-order valence-corrected chi connectivity index (χ4v) is 6.68. The lowest BCUT2D eigenvalue weighted by Crippen LogP contribution is -2.39. The van der Waals surface area contributed by atoms with Crippen LogP contribution in [0.2, 0.25) is 5.02 Å². The zero-order chi connectivity index (χ0) is 32.4. The summed E-state index contributed by atoms with van der Waals surface area (Å²) in [6, 6.07) is 20.8. The number of rotatable bonds is 10. The Labute approximate surface area is 275 Å². The number of benzene rings is 3. The van der Waals surface area contributed by atoms with Gasteiger partial charge in [0.2, 0.25) is 0 Å². The normalized spacial score (nSPS) is 14.9. The van der Waals surface area contributed by atoms with E-state index in [1.54, 1.807) is 11.2 Å². The summed E-state index contributed by atoms with van der Waals surface area (Å²) in [6.07, 6.45) is 5.76. The molecule has 1 aliphatic rings. The third-order valence-corrected chi connectivity index (χ3v) is 9.09. The van der Waals surface area contributed by atoms with E-state index in [9.17, 15) is 4.79 Å². The number of nitrogens with zero attached hydrogens (tertiary/aromatic N) is 2. The molecule has 0 radical (unpaired) electrons. The number of fused-ring (bicyclic) bond motifs is 2. The number of hydrazine groups is 1. The summed E-state index contributed by atoms with van der Waals surface area (Å²) in [5.74, 6) is 6.73. The van der Waals surface area contributed by atoms with Gasteiger partial charge in [-0.05, 0) is 97.6 Å². The lowest BCUT2D eigenvalue weighted by atomic mass is 9.96. The van der Waals surface area contributed by atoms with Crippen molar-refractivity contribution in [2.75, 3.05) is 26.2 Å². The first-order valence-corrected chi connectivity index (χ1v) is 16.4. The van der Waals surface area contributed by atoms with Crippen LogP contribution in [0.3, 0.4) is 0 Å². The van der Waals surface area contributed by atoms with Crippen molar-refractivity contribution in [2.45, 2.75) is 40.2 Å². The van der Waals surface area contributed by atoms with Crippen LogP contribution in [0.5, 0.6) is 0 Å². The molecule has 0 spiro atoms. The molecule has 0 aliphatic carbocycles. The molecule has 3 aromatic carbocycles. The zero-order valence-electron chi connectivity index (χ0n) is 26.8. The number of nitrogens with two attached hydrogens (primary N) is 2. The van der Waals surface area contributed by atoms with Crippen molar-refractivity contribution in [3.05, 3.63) is 100 Å². The van der Waals surface area contributed by atoms with Gasteiger partial charge in [0.15, 0.2) is 0 Å². The molecule has 0 amide bonds. The number of halogens is 1. The molecule has 1 saturated heterocycles. The summed E-state index contributed by atoms with van der Waals surface area (Å²) in [5.41, 5.74) is 14.5. The molecule has 0 atom stereocenters. The standard InChI is InChI=1S/C37H43ClN6O2/c1-23(2)22-46-37(45)36-35(30-16-24(3)4-8-34(30)42-36)32(39)21-44(40)20-25-11-14-43(15-12-25)19-26-5-7-29(31(38)17-26)27-6-9-33-28(18-27)10-13-41-33/h4-10,13,16-18,21,23,25,41-42H,11-12,14-15,19-20,22,39-40H2,1-3H3/b32-21-. The van der Waals surface area contributed by atoms with Crippen molar-refractivity contribution in [3.8, 4) is 11.1 Å². The molecule has 46 heavy (non-hydrogen) atoms. The Kier molecular flexibility index (Phi) is 9.40. The second-order valence-corrected chi connectivity index (χ2v) is 13.4. The van der Waals surface area contributed by atoms with Crippen LogP contribution in [0.25, 0.3) is 38.6 Å². The topological polar surface area (TPSA) is 116 Å². The van der Waals surface area contributed by atoms with Gasteiger partial charge in [0.1, 0.15) is 5.69 Å². The van der Waals surface area contributed by atoms with Gasteiger partial charge < -0.3 is 25.4 Å². The van der Waals surface area contributed by atoms with Crippen LogP contribution < -0.4 is 11.6 Å². The van der Waals surface area contributed by atoms with Gasteiger partial charge in [0.05, 0.1) is 12.3 Å². The molecule has 6 N–H and O–H groups in total. The van der Waals surface area contributed by atoms with E-state index in [4.69, 9.17) is 27.9 Å². The predicted octanol–water partition coefficient (Wildman–Crippen LogP) is 7.44. The van der Waals surface area contributed by atoms with Crippen molar-refractivity contribution >= 4 is 45.1 Å². The highest BCUT2D eigenvalue weighted by Crippen LogP contribution is 2.32. The number of hydrogen-bond acceptors (Lipinski definition) is 6. The average Bonchev–Trinajstić information content (AvgIpc) is 3.65. The number of esters is 1. The number of hydrogen-bond donors (Lipinski definition) is 4. The van der Waals surface area contributed by atoms with Gasteiger partial charge in [-0.25, -0.2) is 10.6 Å². The first kappa shape index (κ1) is 31.7. The third-order valence-electron chi connectivity index (χ3n) is 8.78. The number of nitrogens with one attached hydrogen (secondary N) is 2. The smallest absolute Gasteiger partial charge is 0.355 e. The van der Waals surface area contributed by atoms with Crippen molar-refractivity contribution in [3.63, 3.8) is 0 Å². The van der Waals surface area contributed by atoms with Crippen molar-refractivity contribution in [1.29, 1.82) is 0 Å². The molecule has 1 fully saturated rings. The van der Waals surface area contributed by atoms with Gasteiger partial charge in [-0.2, -0.15) is 0 Å². The fraction of sp³-hybridized carbons (Fsp3) is 0.324. The molecule has 0 saturated carbocycles. The van der Waals surface area contributed by atoms with Crippen LogP contribution in [0.15, 0.2) is 73.1 Å². The maximum atomic E-state index is 13.0. The second kappa shape index (κ2) is 13.6. The SMILES string of the molecule is Cc1ccc2[nH]c(C(=O)OCC(C)C)c(/C(N)=C/N(N)CC3CCN(Cc4ccc(-c5ccc6[nH]ccc6c5)c(Cl)c4)CC3)c2c1. The number of H-pyrrole nitrogens is 2. The fourth-order valence-electron chi connectivity index (χ4n) is 6.36. The highest BCUT2D eigenvalue weighted by atomic mass is 35.5. The number of likely N-dealkylation sites (tertiary alicyclic amines) is 1. The van der Waals surface area contributed by atoms with Crippen LogP contribution in [0.4, 0.5) is 0 Å². The summed E-state index contributed by atoms with van der Waals surface area (Å²) in [5, 5.41) is 4.49. The Bertz CT molecular complexity index is 1880. The predicted molar refractivity (Wildman–Crippen MR) is 188 cm³/mol. The number of aromatic amines is 2. The molecule has 6 rings (SSSR count). The van der Waals surface area contributed by atoms with E-state index in [2.05, 4.69) is 57.3 Å². The number of carbonyl (C=O) groups excluding carboxylic acids is 1. The summed E-state index contributed by atoms with van der Waals surface area (Å²) >= 11 is 6.77. The summed E-state index contributed by atoms with van der Waals surface area (Å²) in [7, 11) is 0. The minimum Gasteiger partial charge on any atom is -0.461 e. The Morgan fingerprint density at radius 1 is 1.09 bits per heavy atom. The molecule has 5 aromatic rings. The minimum absolute atomic E-state index is 0.229. The van der Waals surface area contributed by atoms with Gasteiger partial charge in [0, 0.05) is 58.1 Å². The third kappa shape index (κ3) is 7.09. The molecule has 3 heterocycles. The van der Waals surface area contributed by atoms with E-state index in [1.165, 1.54) is 10.9 Å². The highest BCUT2D eigenvalue weighted by Gasteiger charge is 2.24. The summed E-state index contributed by atoms with van der Waals surface area (Å²) in [4.78, 5) is 22.0. The van der Waals surface area contributed by atoms with Crippen LogP contribution in [-0.2, 0) is 11.3 Å². The van der Waals surface area contributed by atoms with Gasteiger partial charge >= 0.3 is 5.97 Å². The number of aryl methyl sites for hydroxylation is 1. The molecular formula is C37H43ClN6O2. The number of ether oxygens (including phenoxy) is 1. The lowest BCUT2D eigenvalue weighted by molar-refractivity contribution is 0.0452. The monoisotopic (exact) mass is 638 g/mol. The minimum atomic E-state index is -0.418. The Balaban J connectivity index is 1.07. The van der Waals surface area contributed by atoms with Crippen molar-refractivity contribution < 1.29 is 9.53 Å². The van der Waals surface area contributed by atoms with E-state index in [-0.39, 0.29) is 5.92 Å². The molecular weight excluding hydrogens is 596 g/mol. The van der Waals surface area contributed by atoms with Gasteiger partial charge in [-0.1, -0.05) is 55.3 Å². The maximum Gasteiger partial charge on any atom is 0.355 e. The Morgan fingerprint density at radius 2 is 1.87 bits per heavy atom. The number of aromatic nitrogens is 2. The maximum absolute atomic E-state index is 13.0. The van der Waals surface area contributed by atoms with E-state index >= 15 is 0 Å². The van der Waals surface area contributed by atoms with E-state index in [0.29, 0.717) is 36.0 Å². The number of piperidine rings is 1. The molecule has 1 aliphatic heterocycles. The van der Waals surface area contributed by atoms with Crippen LogP contribution in [0.1, 0.15) is 53.9 Å². The zero-order valence-corrected chi connectivity index (χ0v) is 27.5. The van der Waals surface area contributed by atoms with Gasteiger partial charge in [-0.15, -0.1) is 0 Å². The lowest BCUT2D eigenvalue weighted by Gasteiger charge is -2.33. The Morgan fingerprint density at radius 3 is 2.63 bits per heavy atom. The summed E-state index contributed by atoms with van der Waals surface area (Å²) in [6.45, 7) is 9.86. The molecule has 2 aromatic heterocycles. The quantitative estimate of drug-likeness (QED) is 0.0718. The number of carbonyl (C=O) groups is 1. The van der Waals surface area contributed by atoms with Crippen molar-refractivity contribution in [2.24, 2.45) is 23.4 Å². The molecule has 0 unspecified atom stereocenters.